The average Bonchev–Trinajstić information content (AvgIpc) is 2.47. The lowest BCUT2D eigenvalue weighted by atomic mass is 10.0. The molecule has 1 aliphatic heterocycles. The molecule has 2 rings (SSSR count). The highest BCUT2D eigenvalue weighted by atomic mass is 32.2. The Labute approximate surface area is 126 Å². The van der Waals surface area contributed by atoms with E-state index in [0.29, 0.717) is 6.04 Å². The minimum Gasteiger partial charge on any atom is -0.309 e. The average molecular weight is 296 g/mol. The van der Waals surface area contributed by atoms with Crippen molar-refractivity contribution in [1.82, 2.24) is 10.2 Å². The van der Waals surface area contributed by atoms with Crippen LogP contribution in [-0.4, -0.2) is 36.8 Å². The quantitative estimate of drug-likeness (QED) is 0.826. The summed E-state index contributed by atoms with van der Waals surface area (Å²) in [4.78, 5) is 3.30. The van der Waals surface area contributed by atoms with Gasteiger partial charge in [-0.05, 0) is 43.3 Å². The Morgan fingerprint density at radius 1 is 1.35 bits per heavy atom. The maximum absolute atomic E-state index is 13.8. The summed E-state index contributed by atoms with van der Waals surface area (Å²) >= 11 is 1.65. The Kier molecular flexibility index (Phi) is 6.33. The molecular formula is C16H25FN2S. The Morgan fingerprint density at radius 3 is 2.95 bits per heavy atom. The van der Waals surface area contributed by atoms with E-state index < -0.39 is 0 Å². The van der Waals surface area contributed by atoms with Crippen molar-refractivity contribution in [3.8, 4) is 0 Å². The zero-order valence-electron chi connectivity index (χ0n) is 12.5. The molecule has 1 aromatic rings. The Morgan fingerprint density at radius 2 is 2.20 bits per heavy atom. The molecule has 1 N–H and O–H groups in total. The second-order valence-corrected chi connectivity index (χ2v) is 6.34. The van der Waals surface area contributed by atoms with E-state index in [0.717, 1.165) is 48.8 Å². The molecule has 1 atom stereocenters. The SMILES string of the molecule is CCCN(CC)CCNC1CCSc2c(F)cccc21. The first-order valence-electron chi connectivity index (χ1n) is 7.63. The van der Waals surface area contributed by atoms with Crippen LogP contribution < -0.4 is 5.32 Å². The number of nitrogens with one attached hydrogen (secondary N) is 1. The van der Waals surface area contributed by atoms with Gasteiger partial charge >= 0.3 is 0 Å². The van der Waals surface area contributed by atoms with E-state index in [2.05, 4.69) is 30.1 Å². The minimum atomic E-state index is -0.0693. The van der Waals surface area contributed by atoms with Crippen LogP contribution in [0.25, 0.3) is 0 Å². The molecule has 0 aromatic heterocycles. The highest BCUT2D eigenvalue weighted by Gasteiger charge is 2.22. The van der Waals surface area contributed by atoms with E-state index in [-0.39, 0.29) is 5.82 Å². The predicted octanol–water partition coefficient (Wildman–Crippen LogP) is 3.68. The number of hydrogen-bond acceptors (Lipinski definition) is 3. The van der Waals surface area contributed by atoms with Crippen LogP contribution in [0.3, 0.4) is 0 Å². The number of likely N-dealkylation sites (N-methyl/N-ethyl adjacent to an activating group) is 1. The normalized spacial score (nSPS) is 18.3. The largest absolute Gasteiger partial charge is 0.309 e. The number of nitrogens with zero attached hydrogens (tertiary/aromatic N) is 1. The van der Waals surface area contributed by atoms with Crippen molar-refractivity contribution >= 4 is 11.8 Å². The van der Waals surface area contributed by atoms with Crippen molar-refractivity contribution in [3.63, 3.8) is 0 Å². The number of benzene rings is 1. The van der Waals surface area contributed by atoms with Crippen LogP contribution >= 0.6 is 11.8 Å². The van der Waals surface area contributed by atoms with Crippen molar-refractivity contribution in [1.29, 1.82) is 0 Å². The van der Waals surface area contributed by atoms with Gasteiger partial charge in [0.15, 0.2) is 0 Å². The fraction of sp³-hybridized carbons (Fsp3) is 0.625. The van der Waals surface area contributed by atoms with Gasteiger partial charge in [0.25, 0.3) is 0 Å². The molecule has 1 heterocycles. The molecule has 0 amide bonds. The van der Waals surface area contributed by atoms with Gasteiger partial charge in [-0.1, -0.05) is 26.0 Å². The van der Waals surface area contributed by atoms with Gasteiger partial charge in [0.2, 0.25) is 0 Å². The molecule has 4 heteroatoms. The van der Waals surface area contributed by atoms with Crippen molar-refractivity contribution in [2.24, 2.45) is 0 Å². The number of fused-ring (bicyclic) bond motifs is 1. The summed E-state index contributed by atoms with van der Waals surface area (Å²) in [7, 11) is 0. The lowest BCUT2D eigenvalue weighted by Gasteiger charge is -2.27. The van der Waals surface area contributed by atoms with E-state index in [1.807, 2.05) is 6.07 Å². The van der Waals surface area contributed by atoms with Crippen LogP contribution in [0.5, 0.6) is 0 Å². The highest BCUT2D eigenvalue weighted by Crippen LogP contribution is 2.37. The Balaban J connectivity index is 1.90. The number of thioether (sulfide) groups is 1. The maximum atomic E-state index is 13.8. The molecule has 112 valence electrons. The van der Waals surface area contributed by atoms with Gasteiger partial charge in [-0.15, -0.1) is 11.8 Å². The van der Waals surface area contributed by atoms with Crippen molar-refractivity contribution in [2.75, 3.05) is 31.9 Å². The zero-order valence-corrected chi connectivity index (χ0v) is 13.3. The Bertz CT molecular complexity index is 425. The molecule has 1 unspecified atom stereocenters. The predicted molar refractivity (Wildman–Crippen MR) is 84.9 cm³/mol. The second-order valence-electron chi connectivity index (χ2n) is 5.24. The molecule has 0 bridgehead atoms. The molecule has 0 spiro atoms. The first-order valence-corrected chi connectivity index (χ1v) is 8.61. The summed E-state index contributed by atoms with van der Waals surface area (Å²) in [5, 5.41) is 3.61. The van der Waals surface area contributed by atoms with Gasteiger partial charge in [-0.3, -0.25) is 0 Å². The fourth-order valence-electron chi connectivity index (χ4n) is 2.74. The summed E-state index contributed by atoms with van der Waals surface area (Å²) in [5.41, 5.74) is 1.14. The van der Waals surface area contributed by atoms with E-state index >= 15 is 0 Å². The Hall–Kier alpha value is -0.580. The van der Waals surface area contributed by atoms with Crippen molar-refractivity contribution < 1.29 is 4.39 Å². The summed E-state index contributed by atoms with van der Waals surface area (Å²) in [5.74, 6) is 0.929. The zero-order chi connectivity index (χ0) is 14.4. The third-order valence-corrected chi connectivity index (χ3v) is 4.99. The first kappa shape index (κ1) is 15.8. The summed E-state index contributed by atoms with van der Waals surface area (Å²) in [6.45, 7) is 8.72. The molecule has 2 nitrogen and oxygen atoms in total. The number of halogens is 1. The first-order chi connectivity index (χ1) is 9.76. The van der Waals surface area contributed by atoms with Crippen LogP contribution in [0.4, 0.5) is 4.39 Å². The second kappa shape index (κ2) is 8.01. The van der Waals surface area contributed by atoms with Crippen LogP contribution in [0.2, 0.25) is 0 Å². The van der Waals surface area contributed by atoms with Gasteiger partial charge in [0.1, 0.15) is 5.82 Å². The third kappa shape index (κ3) is 3.96. The summed E-state index contributed by atoms with van der Waals surface area (Å²) in [6, 6.07) is 5.76. The summed E-state index contributed by atoms with van der Waals surface area (Å²) in [6.07, 6.45) is 2.28. The monoisotopic (exact) mass is 296 g/mol. The van der Waals surface area contributed by atoms with Crippen LogP contribution in [0, 0.1) is 5.82 Å². The van der Waals surface area contributed by atoms with Gasteiger partial charge in [-0.25, -0.2) is 4.39 Å². The van der Waals surface area contributed by atoms with Crippen molar-refractivity contribution in [3.05, 3.63) is 29.6 Å². The van der Waals surface area contributed by atoms with E-state index in [9.17, 15) is 4.39 Å². The molecule has 1 aromatic carbocycles. The molecule has 0 aliphatic carbocycles. The third-order valence-electron chi connectivity index (χ3n) is 3.83. The molecular weight excluding hydrogens is 271 g/mol. The number of hydrogen-bond donors (Lipinski definition) is 1. The fourth-order valence-corrected chi connectivity index (χ4v) is 3.88. The van der Waals surface area contributed by atoms with Gasteiger partial charge in [0, 0.05) is 24.0 Å². The molecule has 0 radical (unpaired) electrons. The van der Waals surface area contributed by atoms with Crippen molar-refractivity contribution in [2.45, 2.75) is 37.6 Å². The summed E-state index contributed by atoms with van der Waals surface area (Å²) < 4.78 is 13.8. The van der Waals surface area contributed by atoms with E-state index in [4.69, 9.17) is 0 Å². The van der Waals surface area contributed by atoms with Crippen LogP contribution in [0.15, 0.2) is 23.1 Å². The van der Waals surface area contributed by atoms with Gasteiger partial charge in [0.05, 0.1) is 0 Å². The van der Waals surface area contributed by atoms with Crippen LogP contribution in [-0.2, 0) is 0 Å². The maximum Gasteiger partial charge on any atom is 0.137 e. The molecule has 0 saturated carbocycles. The van der Waals surface area contributed by atoms with Crippen LogP contribution in [0.1, 0.15) is 38.3 Å². The topological polar surface area (TPSA) is 15.3 Å². The lowest BCUT2D eigenvalue weighted by molar-refractivity contribution is 0.281. The molecule has 0 fully saturated rings. The minimum absolute atomic E-state index is 0.0693. The molecule has 20 heavy (non-hydrogen) atoms. The highest BCUT2D eigenvalue weighted by molar-refractivity contribution is 7.99. The van der Waals surface area contributed by atoms with Gasteiger partial charge in [-0.2, -0.15) is 0 Å². The standard InChI is InChI=1S/C16H25FN2S/c1-3-10-19(4-2)11-9-18-15-8-12-20-16-13(15)6-5-7-14(16)17/h5-7,15,18H,3-4,8-12H2,1-2H3. The smallest absolute Gasteiger partial charge is 0.137 e. The molecule has 0 saturated heterocycles. The molecule has 1 aliphatic rings. The van der Waals surface area contributed by atoms with E-state index in [1.54, 1.807) is 17.8 Å². The number of rotatable bonds is 7. The lowest BCUT2D eigenvalue weighted by Crippen LogP contribution is -2.35. The van der Waals surface area contributed by atoms with E-state index in [1.165, 1.54) is 6.42 Å². The van der Waals surface area contributed by atoms with Gasteiger partial charge < -0.3 is 10.2 Å².